The summed E-state index contributed by atoms with van der Waals surface area (Å²) in [6, 6.07) is 7.26. The fraction of sp³-hybridized carbons (Fsp3) is 0.333. The summed E-state index contributed by atoms with van der Waals surface area (Å²) < 4.78 is 8.91. The van der Waals surface area contributed by atoms with E-state index >= 15 is 0 Å². The minimum Gasteiger partial charge on any atom is -0.438 e. The van der Waals surface area contributed by atoms with Crippen LogP contribution in [0.1, 0.15) is 22.3 Å². The van der Waals surface area contributed by atoms with Gasteiger partial charge in [0.25, 0.3) is 0 Å². The largest absolute Gasteiger partial charge is 0.507 e. The molecular weight excluding hydrogens is 208 g/mol. The second kappa shape index (κ2) is 5.90. The molecule has 4 heteroatoms. The van der Waals surface area contributed by atoms with Crippen LogP contribution in [0.3, 0.4) is 0 Å². The Bertz CT molecular complexity index is 367. The second-order valence-electron chi connectivity index (χ2n) is 3.34. The number of benzene rings is 1. The molecule has 0 N–H and O–H groups in total. The van der Waals surface area contributed by atoms with Crippen molar-refractivity contribution < 1.29 is 19.1 Å². The second-order valence-corrected chi connectivity index (χ2v) is 3.34. The van der Waals surface area contributed by atoms with E-state index in [1.165, 1.54) is 7.11 Å². The van der Waals surface area contributed by atoms with Crippen molar-refractivity contribution in [3.8, 4) is 0 Å². The van der Waals surface area contributed by atoms with E-state index in [2.05, 4.69) is 9.47 Å². The molecule has 86 valence electrons. The van der Waals surface area contributed by atoms with E-state index in [-0.39, 0.29) is 18.8 Å². The summed E-state index contributed by atoms with van der Waals surface area (Å²) in [6.07, 6.45) is -0.602. The van der Waals surface area contributed by atoms with Gasteiger partial charge in [-0.25, -0.2) is 4.79 Å². The van der Waals surface area contributed by atoms with Crippen molar-refractivity contribution in [2.45, 2.75) is 13.3 Å². The molecule has 0 radical (unpaired) electrons. The molecule has 0 fully saturated rings. The minimum atomic E-state index is -0.767. The number of carbonyl (C=O) groups excluding carboxylic acids is 2. The smallest absolute Gasteiger partial charge is 0.438 e. The minimum absolute atomic E-state index is 0.0411. The van der Waals surface area contributed by atoms with Gasteiger partial charge in [0.05, 0.1) is 7.11 Å². The molecule has 0 saturated carbocycles. The number of aryl methyl sites for hydroxylation is 1. The Labute approximate surface area is 94.2 Å². The average molecular weight is 222 g/mol. The highest BCUT2D eigenvalue weighted by Crippen LogP contribution is 2.06. The third kappa shape index (κ3) is 3.73. The van der Waals surface area contributed by atoms with Gasteiger partial charge < -0.3 is 9.47 Å². The number of carbonyl (C=O) groups is 2. The highest BCUT2D eigenvalue weighted by molar-refractivity contribution is 5.96. The number of Topliss-reactive ketones (excluding diaryl/α,β-unsaturated/α-hetero) is 1. The van der Waals surface area contributed by atoms with E-state index in [0.29, 0.717) is 5.56 Å². The van der Waals surface area contributed by atoms with E-state index in [1.54, 1.807) is 12.1 Å². The predicted octanol–water partition coefficient (Wildman–Crippen LogP) is 2.35. The van der Waals surface area contributed by atoms with Gasteiger partial charge in [-0.15, -0.1) is 0 Å². The number of rotatable bonds is 4. The van der Waals surface area contributed by atoms with E-state index in [9.17, 15) is 9.59 Å². The standard InChI is InChI=1S/C12H14O4/c1-9-3-5-10(6-4-9)11(13)7-8-16-12(14)15-2/h3-6H,7-8H2,1-2H3. The molecule has 16 heavy (non-hydrogen) atoms. The van der Waals surface area contributed by atoms with Crippen molar-refractivity contribution in [1.82, 2.24) is 0 Å². The van der Waals surface area contributed by atoms with Gasteiger partial charge in [-0.2, -0.15) is 0 Å². The maximum absolute atomic E-state index is 11.6. The van der Waals surface area contributed by atoms with Crippen LogP contribution in [0.2, 0.25) is 0 Å². The molecule has 0 bridgehead atoms. The monoisotopic (exact) mass is 222 g/mol. The number of hydrogen-bond acceptors (Lipinski definition) is 4. The van der Waals surface area contributed by atoms with Crippen LogP contribution in [-0.2, 0) is 9.47 Å². The molecule has 0 unspecified atom stereocenters. The van der Waals surface area contributed by atoms with Gasteiger partial charge >= 0.3 is 6.16 Å². The van der Waals surface area contributed by atoms with Crippen LogP contribution < -0.4 is 0 Å². The van der Waals surface area contributed by atoms with Crippen LogP contribution in [0.5, 0.6) is 0 Å². The van der Waals surface area contributed by atoms with Crippen molar-refractivity contribution in [2.24, 2.45) is 0 Å². The Morgan fingerprint density at radius 1 is 1.19 bits per heavy atom. The summed E-state index contributed by atoms with van der Waals surface area (Å²) in [7, 11) is 1.23. The summed E-state index contributed by atoms with van der Waals surface area (Å²) in [5.74, 6) is -0.0519. The lowest BCUT2D eigenvalue weighted by atomic mass is 10.1. The van der Waals surface area contributed by atoms with Crippen LogP contribution in [-0.4, -0.2) is 25.7 Å². The highest BCUT2D eigenvalue weighted by Gasteiger charge is 2.07. The topological polar surface area (TPSA) is 52.6 Å². The zero-order valence-corrected chi connectivity index (χ0v) is 9.36. The molecule has 0 spiro atoms. The third-order valence-electron chi connectivity index (χ3n) is 2.09. The molecule has 0 amide bonds. The lowest BCUT2D eigenvalue weighted by Gasteiger charge is -2.03. The Balaban J connectivity index is 2.41. The van der Waals surface area contributed by atoms with E-state index < -0.39 is 6.16 Å². The summed E-state index contributed by atoms with van der Waals surface area (Å²) in [5, 5.41) is 0. The fourth-order valence-corrected chi connectivity index (χ4v) is 1.17. The first-order valence-electron chi connectivity index (χ1n) is 4.94. The average Bonchev–Trinajstić information content (AvgIpc) is 2.29. The van der Waals surface area contributed by atoms with Gasteiger partial charge in [0.2, 0.25) is 0 Å². The normalized spacial score (nSPS) is 9.62. The Morgan fingerprint density at radius 2 is 1.81 bits per heavy atom. The van der Waals surface area contributed by atoms with E-state index in [0.717, 1.165) is 5.56 Å². The molecule has 0 aliphatic carbocycles. The molecule has 1 aromatic carbocycles. The first kappa shape index (κ1) is 12.2. The van der Waals surface area contributed by atoms with Crippen molar-refractivity contribution >= 4 is 11.9 Å². The Hall–Kier alpha value is -1.84. The van der Waals surface area contributed by atoms with Crippen LogP contribution in [0.25, 0.3) is 0 Å². The first-order chi connectivity index (χ1) is 7.63. The van der Waals surface area contributed by atoms with Crippen LogP contribution >= 0.6 is 0 Å². The lowest BCUT2D eigenvalue weighted by molar-refractivity contribution is 0.0683. The summed E-state index contributed by atoms with van der Waals surface area (Å²) in [6.45, 7) is 1.99. The van der Waals surface area contributed by atoms with Crippen molar-refractivity contribution in [2.75, 3.05) is 13.7 Å². The molecule has 0 saturated heterocycles. The van der Waals surface area contributed by atoms with Crippen molar-refractivity contribution in [1.29, 1.82) is 0 Å². The number of methoxy groups -OCH3 is 1. The fourth-order valence-electron chi connectivity index (χ4n) is 1.17. The summed E-state index contributed by atoms with van der Waals surface area (Å²) in [4.78, 5) is 22.2. The molecule has 4 nitrogen and oxygen atoms in total. The van der Waals surface area contributed by atoms with Crippen LogP contribution in [0.4, 0.5) is 4.79 Å². The van der Waals surface area contributed by atoms with Crippen LogP contribution in [0, 0.1) is 6.92 Å². The molecule has 1 rings (SSSR count). The summed E-state index contributed by atoms with van der Waals surface area (Å²) in [5.41, 5.74) is 1.72. The van der Waals surface area contributed by atoms with Crippen LogP contribution in [0.15, 0.2) is 24.3 Å². The van der Waals surface area contributed by atoms with E-state index in [4.69, 9.17) is 0 Å². The molecule has 0 aliphatic rings. The van der Waals surface area contributed by atoms with Gasteiger partial charge in [0.15, 0.2) is 5.78 Å². The first-order valence-corrected chi connectivity index (χ1v) is 4.94. The highest BCUT2D eigenvalue weighted by atomic mass is 16.7. The quantitative estimate of drug-likeness (QED) is 0.579. The van der Waals surface area contributed by atoms with E-state index in [1.807, 2.05) is 19.1 Å². The Kier molecular flexibility index (Phi) is 4.51. The maximum atomic E-state index is 11.6. The molecule has 0 aliphatic heterocycles. The van der Waals surface area contributed by atoms with Crippen molar-refractivity contribution in [3.05, 3.63) is 35.4 Å². The number of hydrogen-bond donors (Lipinski definition) is 0. The van der Waals surface area contributed by atoms with Gasteiger partial charge in [0.1, 0.15) is 6.61 Å². The molecule has 0 heterocycles. The zero-order chi connectivity index (χ0) is 12.0. The number of ether oxygens (including phenoxy) is 2. The maximum Gasteiger partial charge on any atom is 0.507 e. The van der Waals surface area contributed by atoms with Gasteiger partial charge in [-0.3, -0.25) is 4.79 Å². The molecular formula is C12H14O4. The van der Waals surface area contributed by atoms with Gasteiger partial charge in [-0.05, 0) is 6.92 Å². The zero-order valence-electron chi connectivity index (χ0n) is 9.36. The molecule has 0 atom stereocenters. The lowest BCUT2D eigenvalue weighted by Crippen LogP contribution is -2.09. The summed E-state index contributed by atoms with van der Waals surface area (Å²) >= 11 is 0. The molecule has 0 aromatic heterocycles. The SMILES string of the molecule is COC(=O)OCCC(=O)c1ccc(C)cc1. The number of ketones is 1. The van der Waals surface area contributed by atoms with Gasteiger partial charge in [0, 0.05) is 12.0 Å². The predicted molar refractivity (Wildman–Crippen MR) is 58.5 cm³/mol. The van der Waals surface area contributed by atoms with Crippen molar-refractivity contribution in [3.63, 3.8) is 0 Å². The molecule has 1 aromatic rings. The third-order valence-corrected chi connectivity index (χ3v) is 2.09. The Morgan fingerprint density at radius 3 is 2.38 bits per heavy atom. The van der Waals surface area contributed by atoms with Gasteiger partial charge in [-0.1, -0.05) is 29.8 Å².